The van der Waals surface area contributed by atoms with Gasteiger partial charge >= 0.3 is 12.1 Å². The second-order valence-corrected chi connectivity index (χ2v) is 6.20. The number of fused-ring (bicyclic) bond motifs is 1. The Balaban J connectivity index is 1.70. The van der Waals surface area contributed by atoms with E-state index in [1.165, 1.54) is 0 Å². The standard InChI is InChI=1S/C17H25NO4/c1-2-3-10-15(16(19)20)18-17(21)22-11-14-12-8-6-4-5-7-9-13(12)14/h12-15H,2-3,6-11H2,1H3,(H,18,21)(H,19,20)/t12-,13+,14?,15?. The SMILES string of the molecule is CCCCC(NC(=O)OCC1[C@H]2CCC#CCC[C@@H]12)C(=O)O. The van der Waals surface area contributed by atoms with E-state index in [9.17, 15) is 9.59 Å². The van der Waals surface area contributed by atoms with Gasteiger partial charge in [-0.25, -0.2) is 9.59 Å². The molecular weight excluding hydrogens is 282 g/mol. The average molecular weight is 307 g/mol. The fourth-order valence-corrected chi connectivity index (χ4v) is 3.30. The second-order valence-electron chi connectivity index (χ2n) is 6.20. The van der Waals surface area contributed by atoms with Gasteiger partial charge in [-0.15, -0.1) is 11.8 Å². The summed E-state index contributed by atoms with van der Waals surface area (Å²) >= 11 is 0. The highest BCUT2D eigenvalue weighted by molar-refractivity contribution is 5.79. The van der Waals surface area contributed by atoms with Crippen molar-refractivity contribution in [3.8, 4) is 11.8 Å². The molecule has 0 bridgehead atoms. The van der Waals surface area contributed by atoms with E-state index in [4.69, 9.17) is 9.84 Å². The summed E-state index contributed by atoms with van der Waals surface area (Å²) < 4.78 is 5.25. The van der Waals surface area contributed by atoms with E-state index in [1.54, 1.807) is 0 Å². The predicted octanol–water partition coefficient (Wildman–Crippen LogP) is 2.80. The van der Waals surface area contributed by atoms with E-state index < -0.39 is 18.1 Å². The Bertz CT molecular complexity index is 447. The molecule has 4 atom stereocenters. The molecule has 1 amide bonds. The average Bonchev–Trinajstić information content (AvgIpc) is 3.10. The first-order valence-electron chi connectivity index (χ1n) is 8.25. The summed E-state index contributed by atoms with van der Waals surface area (Å²) in [6.45, 7) is 2.38. The summed E-state index contributed by atoms with van der Waals surface area (Å²) in [5.41, 5.74) is 0. The van der Waals surface area contributed by atoms with E-state index in [1.807, 2.05) is 6.92 Å². The molecule has 2 N–H and O–H groups in total. The number of aliphatic carboxylic acids is 1. The second kappa shape index (κ2) is 8.07. The number of carboxylic acid groups (broad SMARTS) is 1. The number of carboxylic acids is 1. The van der Waals surface area contributed by atoms with Gasteiger partial charge < -0.3 is 15.2 Å². The summed E-state index contributed by atoms with van der Waals surface area (Å²) in [5.74, 6) is 6.97. The summed E-state index contributed by atoms with van der Waals surface area (Å²) in [6.07, 6.45) is 5.52. The first-order chi connectivity index (χ1) is 10.6. The fraction of sp³-hybridized carbons (Fsp3) is 0.765. The molecule has 5 heteroatoms. The molecule has 0 heterocycles. The smallest absolute Gasteiger partial charge is 0.407 e. The van der Waals surface area contributed by atoms with Crippen LogP contribution in [0, 0.1) is 29.6 Å². The van der Waals surface area contributed by atoms with Crippen LogP contribution in [0.5, 0.6) is 0 Å². The zero-order valence-corrected chi connectivity index (χ0v) is 13.1. The van der Waals surface area contributed by atoms with Crippen LogP contribution in [-0.2, 0) is 9.53 Å². The Morgan fingerprint density at radius 1 is 1.27 bits per heavy atom. The maximum atomic E-state index is 11.8. The van der Waals surface area contributed by atoms with Crippen molar-refractivity contribution in [3.05, 3.63) is 0 Å². The minimum atomic E-state index is -1.00. The van der Waals surface area contributed by atoms with Gasteiger partial charge in [-0.1, -0.05) is 19.8 Å². The predicted molar refractivity (Wildman–Crippen MR) is 82.1 cm³/mol. The molecule has 2 aliphatic carbocycles. The van der Waals surface area contributed by atoms with Crippen molar-refractivity contribution < 1.29 is 19.4 Å². The van der Waals surface area contributed by atoms with E-state index in [0.29, 0.717) is 30.8 Å². The van der Waals surface area contributed by atoms with E-state index in [0.717, 1.165) is 38.5 Å². The molecule has 0 radical (unpaired) electrons. The Morgan fingerprint density at radius 2 is 1.91 bits per heavy atom. The van der Waals surface area contributed by atoms with Gasteiger partial charge in [-0.05, 0) is 37.0 Å². The number of hydrogen-bond acceptors (Lipinski definition) is 3. The minimum absolute atomic E-state index is 0.390. The van der Waals surface area contributed by atoms with Crippen molar-refractivity contribution in [1.29, 1.82) is 0 Å². The van der Waals surface area contributed by atoms with Gasteiger partial charge in [0.1, 0.15) is 6.04 Å². The number of unbranched alkanes of at least 4 members (excludes halogenated alkanes) is 1. The summed E-state index contributed by atoms with van der Waals surface area (Å²) in [7, 11) is 0. The third kappa shape index (κ3) is 4.66. The Morgan fingerprint density at radius 3 is 2.45 bits per heavy atom. The minimum Gasteiger partial charge on any atom is -0.480 e. The third-order valence-electron chi connectivity index (χ3n) is 4.68. The number of carbonyl (C=O) groups is 2. The van der Waals surface area contributed by atoms with Gasteiger partial charge in [0.15, 0.2) is 0 Å². The first kappa shape index (κ1) is 16.7. The van der Waals surface area contributed by atoms with Crippen LogP contribution in [-0.4, -0.2) is 29.8 Å². The number of alkyl carbamates (subject to hydrolysis) is 1. The van der Waals surface area contributed by atoms with Crippen LogP contribution in [0.3, 0.4) is 0 Å². The molecule has 2 rings (SSSR count). The van der Waals surface area contributed by atoms with E-state index in [-0.39, 0.29) is 0 Å². The van der Waals surface area contributed by atoms with Gasteiger partial charge in [0.2, 0.25) is 0 Å². The van der Waals surface area contributed by atoms with Gasteiger partial charge in [0, 0.05) is 12.8 Å². The Hall–Kier alpha value is -1.70. The summed E-state index contributed by atoms with van der Waals surface area (Å²) in [5, 5.41) is 11.5. The lowest BCUT2D eigenvalue weighted by Gasteiger charge is -2.14. The molecular formula is C17H25NO4. The largest absolute Gasteiger partial charge is 0.480 e. The lowest BCUT2D eigenvalue weighted by atomic mass is 10.1. The molecule has 1 saturated carbocycles. The molecule has 0 aromatic heterocycles. The molecule has 1 fully saturated rings. The lowest BCUT2D eigenvalue weighted by Crippen LogP contribution is -2.41. The van der Waals surface area contributed by atoms with Gasteiger partial charge in [0.05, 0.1) is 6.61 Å². The summed E-state index contributed by atoms with van der Waals surface area (Å²) in [6, 6.07) is -0.853. The van der Waals surface area contributed by atoms with Crippen LogP contribution in [0.25, 0.3) is 0 Å². The number of nitrogens with one attached hydrogen (secondary N) is 1. The molecule has 0 saturated heterocycles. The maximum Gasteiger partial charge on any atom is 0.407 e. The molecule has 5 nitrogen and oxygen atoms in total. The quantitative estimate of drug-likeness (QED) is 0.709. The highest BCUT2D eigenvalue weighted by Crippen LogP contribution is 2.52. The van der Waals surface area contributed by atoms with Crippen LogP contribution in [0.4, 0.5) is 4.79 Å². The molecule has 122 valence electrons. The van der Waals surface area contributed by atoms with Crippen LogP contribution in [0.1, 0.15) is 51.9 Å². The van der Waals surface area contributed by atoms with Crippen molar-refractivity contribution in [1.82, 2.24) is 5.32 Å². The zero-order chi connectivity index (χ0) is 15.9. The zero-order valence-electron chi connectivity index (χ0n) is 13.1. The van der Waals surface area contributed by atoms with Crippen molar-refractivity contribution >= 4 is 12.1 Å². The normalized spacial score (nSPS) is 27.2. The summed E-state index contributed by atoms with van der Waals surface area (Å²) in [4.78, 5) is 22.9. The number of rotatable bonds is 7. The van der Waals surface area contributed by atoms with E-state index in [2.05, 4.69) is 17.2 Å². The fourth-order valence-electron chi connectivity index (χ4n) is 3.30. The third-order valence-corrected chi connectivity index (χ3v) is 4.68. The van der Waals surface area contributed by atoms with Crippen molar-refractivity contribution in [3.63, 3.8) is 0 Å². The molecule has 22 heavy (non-hydrogen) atoms. The molecule has 2 unspecified atom stereocenters. The van der Waals surface area contributed by atoms with Crippen LogP contribution >= 0.6 is 0 Å². The van der Waals surface area contributed by atoms with Gasteiger partial charge in [-0.3, -0.25) is 0 Å². The van der Waals surface area contributed by atoms with Crippen LogP contribution in [0.15, 0.2) is 0 Å². The molecule has 0 aliphatic heterocycles. The van der Waals surface area contributed by atoms with E-state index >= 15 is 0 Å². The van der Waals surface area contributed by atoms with Crippen molar-refractivity contribution in [2.45, 2.75) is 57.9 Å². The highest BCUT2D eigenvalue weighted by atomic mass is 16.5. The number of ether oxygens (including phenoxy) is 1. The Labute approximate surface area is 131 Å². The highest BCUT2D eigenvalue weighted by Gasteiger charge is 2.49. The first-order valence-corrected chi connectivity index (χ1v) is 8.25. The Kier molecular flexibility index (Phi) is 6.11. The van der Waals surface area contributed by atoms with Crippen LogP contribution in [0.2, 0.25) is 0 Å². The van der Waals surface area contributed by atoms with Crippen molar-refractivity contribution in [2.24, 2.45) is 17.8 Å². The molecule has 0 aromatic rings. The maximum absolute atomic E-state index is 11.8. The van der Waals surface area contributed by atoms with Gasteiger partial charge in [-0.2, -0.15) is 0 Å². The lowest BCUT2D eigenvalue weighted by molar-refractivity contribution is -0.139. The van der Waals surface area contributed by atoms with Crippen molar-refractivity contribution in [2.75, 3.05) is 6.61 Å². The van der Waals surface area contributed by atoms with Gasteiger partial charge in [0.25, 0.3) is 0 Å². The number of hydrogen-bond donors (Lipinski definition) is 2. The van der Waals surface area contributed by atoms with Crippen LogP contribution < -0.4 is 5.32 Å². The number of amides is 1. The molecule has 2 aliphatic rings. The number of carbonyl (C=O) groups excluding carboxylic acids is 1. The monoisotopic (exact) mass is 307 g/mol. The molecule has 0 spiro atoms. The topological polar surface area (TPSA) is 75.6 Å². The molecule has 0 aromatic carbocycles.